The van der Waals surface area contributed by atoms with E-state index < -0.39 is 0 Å². The Morgan fingerprint density at radius 3 is 2.90 bits per heavy atom. The van der Waals surface area contributed by atoms with E-state index in [4.69, 9.17) is 4.74 Å². The van der Waals surface area contributed by atoms with E-state index in [9.17, 15) is 5.11 Å². The smallest absolute Gasteiger partial charge is 0.227 e. The van der Waals surface area contributed by atoms with Crippen molar-refractivity contribution < 1.29 is 9.84 Å². The van der Waals surface area contributed by atoms with Crippen molar-refractivity contribution in [2.45, 2.75) is 37.9 Å². The van der Waals surface area contributed by atoms with Crippen LogP contribution in [0.25, 0.3) is 0 Å². The van der Waals surface area contributed by atoms with Gasteiger partial charge in [0.15, 0.2) is 0 Å². The van der Waals surface area contributed by atoms with Crippen molar-refractivity contribution in [3.8, 4) is 0 Å². The van der Waals surface area contributed by atoms with Crippen LogP contribution in [0.4, 0.5) is 11.8 Å². The zero-order valence-electron chi connectivity index (χ0n) is 12.6. The van der Waals surface area contributed by atoms with E-state index in [2.05, 4.69) is 19.8 Å². The van der Waals surface area contributed by atoms with Crippen LogP contribution in [0.1, 0.15) is 25.7 Å². The fourth-order valence-corrected chi connectivity index (χ4v) is 2.97. The Balaban J connectivity index is 1.64. The van der Waals surface area contributed by atoms with Crippen LogP contribution < -0.4 is 9.80 Å². The third-order valence-electron chi connectivity index (χ3n) is 4.26. The van der Waals surface area contributed by atoms with Gasteiger partial charge in [-0.05, 0) is 31.7 Å². The molecule has 1 N–H and O–H groups in total. The number of hydrogen-bond donors (Lipinski definition) is 1. The molecule has 0 saturated carbocycles. The number of aliphatic hydroxyl groups is 1. The lowest BCUT2D eigenvalue weighted by Crippen LogP contribution is -2.37. The van der Waals surface area contributed by atoms with Gasteiger partial charge in [0.1, 0.15) is 5.82 Å². The molecule has 1 aromatic rings. The Morgan fingerprint density at radius 2 is 2.19 bits per heavy atom. The molecule has 0 spiro atoms. The standard InChI is InChI=1S/C15H24N4O2/c1-18(11-13-3-2-10-21-13)15-16-7-4-14(17-15)19-8-5-12(20)6-9-19/h4,7,12-13,20H,2-3,5-6,8-11H2,1H3/t13-/m1/s1. The summed E-state index contributed by atoms with van der Waals surface area (Å²) in [4.78, 5) is 13.3. The average Bonchev–Trinajstić information content (AvgIpc) is 3.01. The molecule has 116 valence electrons. The Morgan fingerprint density at radius 1 is 1.38 bits per heavy atom. The summed E-state index contributed by atoms with van der Waals surface area (Å²) in [5, 5.41) is 9.59. The number of aromatic nitrogens is 2. The maximum atomic E-state index is 9.59. The van der Waals surface area contributed by atoms with Gasteiger partial charge in [-0.2, -0.15) is 4.98 Å². The minimum Gasteiger partial charge on any atom is -0.393 e. The van der Waals surface area contributed by atoms with Crippen molar-refractivity contribution in [3.63, 3.8) is 0 Å². The van der Waals surface area contributed by atoms with E-state index in [1.807, 2.05) is 19.3 Å². The second-order valence-electron chi connectivity index (χ2n) is 5.95. The zero-order valence-corrected chi connectivity index (χ0v) is 12.6. The molecule has 1 atom stereocenters. The van der Waals surface area contributed by atoms with Gasteiger partial charge >= 0.3 is 0 Å². The summed E-state index contributed by atoms with van der Waals surface area (Å²) in [7, 11) is 2.01. The Labute approximate surface area is 125 Å². The highest BCUT2D eigenvalue weighted by Gasteiger charge is 2.21. The van der Waals surface area contributed by atoms with Crippen molar-refractivity contribution in [2.24, 2.45) is 0 Å². The SMILES string of the molecule is CN(C[C@H]1CCCO1)c1nccc(N2CCC(O)CC2)n1. The van der Waals surface area contributed by atoms with Gasteiger partial charge in [-0.3, -0.25) is 0 Å². The Hall–Kier alpha value is -1.40. The molecule has 6 nitrogen and oxygen atoms in total. The molecule has 21 heavy (non-hydrogen) atoms. The first-order valence-corrected chi connectivity index (χ1v) is 7.81. The summed E-state index contributed by atoms with van der Waals surface area (Å²) in [6, 6.07) is 1.95. The molecule has 2 aliphatic rings. The molecule has 0 amide bonds. The van der Waals surface area contributed by atoms with Crippen molar-refractivity contribution >= 4 is 11.8 Å². The van der Waals surface area contributed by atoms with Gasteiger partial charge in [-0.1, -0.05) is 0 Å². The quantitative estimate of drug-likeness (QED) is 0.895. The molecule has 2 aliphatic heterocycles. The summed E-state index contributed by atoms with van der Waals surface area (Å²) in [5.74, 6) is 1.69. The molecule has 0 unspecified atom stereocenters. The fourth-order valence-electron chi connectivity index (χ4n) is 2.97. The number of anilines is 2. The Bertz CT molecular complexity index is 457. The van der Waals surface area contributed by atoms with Crippen LogP contribution in [-0.4, -0.2) is 60.6 Å². The Kier molecular flexibility index (Phi) is 4.55. The number of ether oxygens (including phenoxy) is 1. The molecule has 0 aliphatic carbocycles. The molecular weight excluding hydrogens is 268 g/mol. The van der Waals surface area contributed by atoms with Gasteiger partial charge in [0.2, 0.25) is 5.95 Å². The van der Waals surface area contributed by atoms with E-state index in [1.54, 1.807) is 0 Å². The van der Waals surface area contributed by atoms with Gasteiger partial charge in [0.25, 0.3) is 0 Å². The van der Waals surface area contributed by atoms with Gasteiger partial charge in [-0.15, -0.1) is 0 Å². The van der Waals surface area contributed by atoms with Gasteiger partial charge < -0.3 is 19.6 Å². The summed E-state index contributed by atoms with van der Waals surface area (Å²) in [6.07, 6.45) is 5.84. The van der Waals surface area contributed by atoms with Gasteiger partial charge in [-0.25, -0.2) is 4.98 Å². The first-order valence-electron chi connectivity index (χ1n) is 7.81. The summed E-state index contributed by atoms with van der Waals surface area (Å²) < 4.78 is 5.67. The molecule has 0 radical (unpaired) electrons. The van der Waals surface area contributed by atoms with Crippen LogP contribution in [0.2, 0.25) is 0 Å². The van der Waals surface area contributed by atoms with Crippen molar-refractivity contribution in [1.29, 1.82) is 0 Å². The van der Waals surface area contributed by atoms with E-state index in [1.165, 1.54) is 0 Å². The van der Waals surface area contributed by atoms with E-state index >= 15 is 0 Å². The van der Waals surface area contributed by atoms with E-state index in [0.29, 0.717) is 6.10 Å². The number of likely N-dealkylation sites (N-methyl/N-ethyl adjacent to an activating group) is 1. The summed E-state index contributed by atoms with van der Waals surface area (Å²) in [5.41, 5.74) is 0. The maximum absolute atomic E-state index is 9.59. The molecule has 2 saturated heterocycles. The maximum Gasteiger partial charge on any atom is 0.227 e. The second kappa shape index (κ2) is 6.58. The minimum atomic E-state index is -0.162. The monoisotopic (exact) mass is 292 g/mol. The highest BCUT2D eigenvalue weighted by atomic mass is 16.5. The first-order chi connectivity index (χ1) is 10.2. The van der Waals surface area contributed by atoms with Crippen molar-refractivity contribution in [3.05, 3.63) is 12.3 Å². The molecule has 2 fully saturated rings. The van der Waals surface area contributed by atoms with Crippen LogP contribution in [0.15, 0.2) is 12.3 Å². The lowest BCUT2D eigenvalue weighted by atomic mass is 10.1. The largest absolute Gasteiger partial charge is 0.393 e. The fraction of sp³-hybridized carbons (Fsp3) is 0.733. The van der Waals surface area contributed by atoms with Gasteiger partial charge in [0, 0.05) is 39.5 Å². The third kappa shape index (κ3) is 3.63. The molecule has 3 heterocycles. The number of piperidine rings is 1. The van der Waals surface area contributed by atoms with E-state index in [0.717, 1.165) is 63.7 Å². The predicted molar refractivity (Wildman–Crippen MR) is 81.7 cm³/mol. The van der Waals surface area contributed by atoms with Gasteiger partial charge in [0.05, 0.1) is 12.2 Å². The first kappa shape index (κ1) is 14.5. The highest BCUT2D eigenvalue weighted by Crippen LogP contribution is 2.20. The molecular formula is C15H24N4O2. The predicted octanol–water partition coefficient (Wildman–Crippen LogP) is 1.05. The van der Waals surface area contributed by atoms with Crippen LogP contribution in [0, 0.1) is 0 Å². The van der Waals surface area contributed by atoms with Crippen molar-refractivity contribution in [2.75, 3.05) is 43.1 Å². The summed E-state index contributed by atoms with van der Waals surface area (Å²) in [6.45, 7) is 3.41. The van der Waals surface area contributed by atoms with Crippen LogP contribution in [0.3, 0.4) is 0 Å². The highest BCUT2D eigenvalue weighted by molar-refractivity contribution is 5.43. The summed E-state index contributed by atoms with van der Waals surface area (Å²) >= 11 is 0. The number of rotatable bonds is 4. The third-order valence-corrected chi connectivity index (χ3v) is 4.26. The van der Waals surface area contributed by atoms with Crippen LogP contribution >= 0.6 is 0 Å². The number of nitrogens with zero attached hydrogens (tertiary/aromatic N) is 4. The molecule has 0 aromatic carbocycles. The molecule has 3 rings (SSSR count). The van der Waals surface area contributed by atoms with Crippen LogP contribution in [-0.2, 0) is 4.74 Å². The second-order valence-corrected chi connectivity index (χ2v) is 5.95. The topological polar surface area (TPSA) is 61.7 Å². The molecule has 6 heteroatoms. The van der Waals surface area contributed by atoms with Crippen molar-refractivity contribution in [1.82, 2.24) is 9.97 Å². The normalized spacial score (nSPS) is 23.5. The number of aliphatic hydroxyl groups excluding tert-OH is 1. The lowest BCUT2D eigenvalue weighted by Gasteiger charge is -2.31. The lowest BCUT2D eigenvalue weighted by molar-refractivity contribution is 0.116. The van der Waals surface area contributed by atoms with E-state index in [-0.39, 0.29) is 6.10 Å². The molecule has 1 aromatic heterocycles. The average molecular weight is 292 g/mol. The zero-order chi connectivity index (χ0) is 14.7. The minimum absolute atomic E-state index is 0.162. The number of hydrogen-bond acceptors (Lipinski definition) is 6. The molecule has 0 bridgehead atoms. The van der Waals surface area contributed by atoms with Crippen LogP contribution in [0.5, 0.6) is 0 Å².